The number of rotatable bonds is 4. The average molecular weight is 369 g/mol. The Hall–Kier alpha value is -2.96. The Bertz CT molecular complexity index is 896. The zero-order chi connectivity index (χ0) is 19.6. The van der Waals surface area contributed by atoms with Crippen LogP contribution in [0.25, 0.3) is 10.9 Å². The molecule has 1 aromatic heterocycles. The molecule has 2 aromatic rings. The molecule has 0 bridgehead atoms. The molecule has 2 heterocycles. The Morgan fingerprint density at radius 1 is 1.30 bits per heavy atom. The standard InChI is InChI=1S/C20H23N3O4/c1-13-10-16(15-7-3-4-8-17(15)21-13)19(25)22(2)12-18(24)23-9-5-6-14(11-23)20(26)27/h3-4,7-8,10,14H,5-6,9,11-12H2,1-2H3,(H,26,27). The van der Waals surface area contributed by atoms with Crippen molar-refractivity contribution in [3.63, 3.8) is 0 Å². The maximum absolute atomic E-state index is 12.9. The number of likely N-dealkylation sites (N-methyl/N-ethyl adjacent to an activating group) is 1. The van der Waals surface area contributed by atoms with Crippen LogP contribution < -0.4 is 0 Å². The number of hydrogen-bond donors (Lipinski definition) is 1. The zero-order valence-electron chi connectivity index (χ0n) is 15.5. The summed E-state index contributed by atoms with van der Waals surface area (Å²) < 4.78 is 0. The molecule has 1 aliphatic heterocycles. The Morgan fingerprint density at radius 3 is 2.78 bits per heavy atom. The minimum atomic E-state index is -0.879. The molecule has 1 fully saturated rings. The van der Waals surface area contributed by atoms with Gasteiger partial charge in [0.15, 0.2) is 0 Å². The first-order valence-electron chi connectivity index (χ1n) is 8.99. The van der Waals surface area contributed by atoms with Gasteiger partial charge in [0.25, 0.3) is 5.91 Å². The van der Waals surface area contributed by atoms with Crippen LogP contribution in [0, 0.1) is 12.8 Å². The molecule has 1 atom stereocenters. The highest BCUT2D eigenvalue weighted by Crippen LogP contribution is 2.20. The van der Waals surface area contributed by atoms with Gasteiger partial charge in [-0.05, 0) is 31.9 Å². The molecule has 0 spiro atoms. The molecule has 1 saturated heterocycles. The van der Waals surface area contributed by atoms with Gasteiger partial charge in [0, 0.05) is 31.2 Å². The predicted octanol–water partition coefficient (Wildman–Crippen LogP) is 1.94. The van der Waals surface area contributed by atoms with Crippen molar-refractivity contribution < 1.29 is 19.5 Å². The summed E-state index contributed by atoms with van der Waals surface area (Å²) in [4.78, 5) is 44.1. The van der Waals surface area contributed by atoms with Gasteiger partial charge in [-0.25, -0.2) is 0 Å². The summed E-state index contributed by atoms with van der Waals surface area (Å²) >= 11 is 0. The fourth-order valence-corrected chi connectivity index (χ4v) is 3.47. The smallest absolute Gasteiger partial charge is 0.308 e. The first kappa shape index (κ1) is 18.8. The second kappa shape index (κ2) is 7.73. The highest BCUT2D eigenvalue weighted by Gasteiger charge is 2.29. The first-order chi connectivity index (χ1) is 12.9. The molecule has 1 aliphatic rings. The zero-order valence-corrected chi connectivity index (χ0v) is 15.5. The van der Waals surface area contributed by atoms with Gasteiger partial charge in [-0.15, -0.1) is 0 Å². The number of amides is 2. The quantitative estimate of drug-likeness (QED) is 0.889. The summed E-state index contributed by atoms with van der Waals surface area (Å²) in [5.41, 5.74) is 1.98. The van der Waals surface area contributed by atoms with E-state index in [1.807, 2.05) is 31.2 Å². The average Bonchev–Trinajstić information content (AvgIpc) is 2.66. The van der Waals surface area contributed by atoms with E-state index < -0.39 is 11.9 Å². The number of aromatic nitrogens is 1. The number of benzene rings is 1. The molecule has 0 saturated carbocycles. The normalized spacial score (nSPS) is 17.0. The first-order valence-corrected chi connectivity index (χ1v) is 8.99. The largest absolute Gasteiger partial charge is 0.481 e. The van der Waals surface area contributed by atoms with Crippen molar-refractivity contribution in [2.45, 2.75) is 19.8 Å². The van der Waals surface area contributed by atoms with Crippen molar-refractivity contribution in [2.75, 3.05) is 26.7 Å². The number of aliphatic carboxylic acids is 1. The summed E-state index contributed by atoms with van der Waals surface area (Å²) in [5.74, 6) is -1.89. The number of carboxylic acids is 1. The summed E-state index contributed by atoms with van der Waals surface area (Å²) in [6, 6.07) is 9.14. The van der Waals surface area contributed by atoms with E-state index in [2.05, 4.69) is 4.98 Å². The Kier molecular flexibility index (Phi) is 5.39. The van der Waals surface area contributed by atoms with Crippen molar-refractivity contribution in [3.05, 3.63) is 41.6 Å². The van der Waals surface area contributed by atoms with Crippen LogP contribution in [0.3, 0.4) is 0 Å². The molecular formula is C20H23N3O4. The molecule has 7 heteroatoms. The van der Waals surface area contributed by atoms with E-state index in [9.17, 15) is 19.5 Å². The summed E-state index contributed by atoms with van der Waals surface area (Å²) in [5, 5.41) is 9.92. The monoisotopic (exact) mass is 369 g/mol. The Labute approximate surface area is 157 Å². The molecule has 1 unspecified atom stereocenters. The van der Waals surface area contributed by atoms with Crippen molar-refractivity contribution in [1.82, 2.24) is 14.8 Å². The van der Waals surface area contributed by atoms with Crippen LogP contribution in [0.15, 0.2) is 30.3 Å². The lowest BCUT2D eigenvalue weighted by Gasteiger charge is -2.32. The third-order valence-electron chi connectivity index (χ3n) is 4.92. The topological polar surface area (TPSA) is 90.8 Å². The number of piperidine rings is 1. The third-order valence-corrected chi connectivity index (χ3v) is 4.92. The number of pyridine rings is 1. The molecule has 7 nitrogen and oxygen atoms in total. The summed E-state index contributed by atoms with van der Waals surface area (Å²) in [6.07, 6.45) is 1.24. The molecule has 3 rings (SSSR count). The van der Waals surface area contributed by atoms with Gasteiger partial charge < -0.3 is 14.9 Å². The Morgan fingerprint density at radius 2 is 2.04 bits per heavy atom. The van der Waals surface area contributed by atoms with Crippen molar-refractivity contribution in [1.29, 1.82) is 0 Å². The highest BCUT2D eigenvalue weighted by atomic mass is 16.4. The molecule has 0 radical (unpaired) electrons. The van der Waals surface area contributed by atoms with Crippen LogP contribution >= 0.6 is 0 Å². The van der Waals surface area contributed by atoms with E-state index >= 15 is 0 Å². The van der Waals surface area contributed by atoms with Crippen LogP contribution in [0.2, 0.25) is 0 Å². The number of likely N-dealkylation sites (tertiary alicyclic amines) is 1. The maximum Gasteiger partial charge on any atom is 0.308 e. The van der Waals surface area contributed by atoms with Gasteiger partial charge in [0.05, 0.1) is 23.5 Å². The van der Waals surface area contributed by atoms with Crippen molar-refractivity contribution >= 4 is 28.7 Å². The van der Waals surface area contributed by atoms with Gasteiger partial charge in [0.1, 0.15) is 0 Å². The van der Waals surface area contributed by atoms with Gasteiger partial charge in [-0.3, -0.25) is 19.4 Å². The second-order valence-electron chi connectivity index (χ2n) is 7.01. The molecule has 1 aromatic carbocycles. The molecular weight excluding hydrogens is 346 g/mol. The van der Waals surface area contributed by atoms with Crippen LogP contribution in [-0.4, -0.2) is 64.4 Å². The van der Waals surface area contributed by atoms with E-state index in [-0.39, 0.29) is 24.9 Å². The number of carboxylic acid groups (broad SMARTS) is 1. The number of fused-ring (bicyclic) bond motifs is 1. The fraction of sp³-hybridized carbons (Fsp3) is 0.400. The second-order valence-corrected chi connectivity index (χ2v) is 7.01. The maximum atomic E-state index is 12.9. The SMILES string of the molecule is Cc1cc(C(=O)N(C)CC(=O)N2CCCC(C(=O)O)C2)c2ccccc2n1. The third kappa shape index (κ3) is 4.07. The van der Waals surface area contributed by atoms with Crippen molar-refractivity contribution in [3.8, 4) is 0 Å². The van der Waals surface area contributed by atoms with E-state index in [4.69, 9.17) is 0 Å². The van der Waals surface area contributed by atoms with Gasteiger partial charge in [-0.2, -0.15) is 0 Å². The summed E-state index contributed by atoms with van der Waals surface area (Å²) in [7, 11) is 1.59. The van der Waals surface area contributed by atoms with Gasteiger partial charge in [0.2, 0.25) is 5.91 Å². The van der Waals surface area contributed by atoms with Gasteiger partial charge >= 0.3 is 5.97 Å². The van der Waals surface area contributed by atoms with E-state index in [0.717, 1.165) is 16.6 Å². The molecule has 27 heavy (non-hydrogen) atoms. The number of nitrogens with zero attached hydrogens (tertiary/aromatic N) is 3. The van der Waals surface area contributed by atoms with Crippen LogP contribution in [0.4, 0.5) is 0 Å². The lowest BCUT2D eigenvalue weighted by atomic mass is 9.98. The molecule has 142 valence electrons. The molecule has 2 amide bonds. The van der Waals surface area contributed by atoms with E-state index in [1.165, 1.54) is 4.90 Å². The van der Waals surface area contributed by atoms with E-state index in [0.29, 0.717) is 24.9 Å². The van der Waals surface area contributed by atoms with E-state index in [1.54, 1.807) is 18.0 Å². The molecule has 0 aliphatic carbocycles. The predicted molar refractivity (Wildman–Crippen MR) is 100 cm³/mol. The van der Waals surface area contributed by atoms with Crippen LogP contribution in [0.1, 0.15) is 28.9 Å². The minimum Gasteiger partial charge on any atom is -0.481 e. The van der Waals surface area contributed by atoms with Gasteiger partial charge in [-0.1, -0.05) is 18.2 Å². The lowest BCUT2D eigenvalue weighted by Crippen LogP contribution is -2.46. The Balaban J connectivity index is 1.75. The molecule has 1 N–H and O–H groups in total. The fourth-order valence-electron chi connectivity index (χ4n) is 3.47. The highest BCUT2D eigenvalue weighted by molar-refractivity contribution is 6.07. The minimum absolute atomic E-state index is 0.0825. The number of carbonyl (C=O) groups excluding carboxylic acids is 2. The summed E-state index contributed by atoms with van der Waals surface area (Å²) in [6.45, 7) is 2.48. The number of para-hydroxylation sites is 1. The van der Waals surface area contributed by atoms with Crippen LogP contribution in [0.5, 0.6) is 0 Å². The number of aryl methyl sites for hydroxylation is 1. The number of carbonyl (C=O) groups is 3. The number of hydrogen-bond acceptors (Lipinski definition) is 4. The van der Waals surface area contributed by atoms with Crippen molar-refractivity contribution in [2.24, 2.45) is 5.92 Å². The lowest BCUT2D eigenvalue weighted by molar-refractivity contribution is -0.145. The van der Waals surface area contributed by atoms with Crippen LogP contribution in [-0.2, 0) is 9.59 Å².